The number of carboxylic acid groups (broad SMARTS) is 1. The number of phosphoric ester groups is 1. The number of ether oxygens (including phenoxy) is 7. The third kappa shape index (κ3) is 49.2. The van der Waals surface area contributed by atoms with Gasteiger partial charge in [0.25, 0.3) is 0 Å². The molecule has 6 saturated heterocycles. The SMILES string of the molecule is C.CP(=O)([O-])O[C@@H]1OC([C@H](O)C(=O)O)[C@@H](O)[C@H](O)C1O.CP(=O)([O-])O[C@@H]1OC([C@H](O)C(N)=O)[C@@H](O)[C@H](O)C1O.CP(=O)([O-])O[C@@H]1OC([C@H](O)C=O)[C@@H](O)[C@H](O)C1O.CP(=O)([O-])O[C@@H]1OC([C@H](O)CN)[C@@H](O)[C@H](O)C1O.CP(=O)([O-])O[C@@H]1OC([C@H](O)COCCN)[C@@H](O)[C@H](O)C1O.[N-]=[N+]=NC[C@@H](O)C1O[C@@H](OP(=O)([O-])[O-])C(O)[C@@H](O)[C@@H]1O.[Na+].[Na+].[Na+].[Na+].[Na+].[Na+].[Na+]. The van der Waals surface area contributed by atoms with E-state index in [0.29, 0.717) is 20.0 Å². The van der Waals surface area contributed by atoms with Crippen LogP contribution in [0.5, 0.6) is 0 Å². The topological polar surface area (TPSA) is 1070 Å². The van der Waals surface area contributed by atoms with E-state index in [9.17, 15) is 199 Å². The van der Waals surface area contributed by atoms with Gasteiger partial charge in [-0.15, -0.1) is 0 Å². The van der Waals surface area contributed by atoms with Gasteiger partial charge in [-0.2, -0.15) is 0 Å². The Balaban J connectivity index is -0.000000212. The number of carbonyl (C=O) groups excluding carboxylic acids is 2. The van der Waals surface area contributed by atoms with Crippen molar-refractivity contribution in [2.75, 3.05) is 66.2 Å². The van der Waals surface area contributed by atoms with Gasteiger partial charge in [-0.1, -0.05) is 12.5 Å². The summed E-state index contributed by atoms with van der Waals surface area (Å²) in [5.74, 6) is -3.01. The summed E-state index contributed by atoms with van der Waals surface area (Å²) in [7, 11) is -27.0. The molecule has 688 valence electrons. The molecule has 6 fully saturated rings. The second-order valence-corrected chi connectivity index (χ2v) is 34.9. The average molecular weight is 1990 g/mol. The van der Waals surface area contributed by atoms with Crippen LogP contribution in [0.25, 0.3) is 10.4 Å². The number of hydrogen-bond donors (Lipinski definition) is 28. The predicted octanol–water partition coefficient (Wildman–Crippen LogP) is -42.5. The van der Waals surface area contributed by atoms with Crippen molar-refractivity contribution in [2.45, 2.75) is 228 Å². The Kier molecular flexibility index (Phi) is 75.1. The van der Waals surface area contributed by atoms with Crippen LogP contribution in [0.3, 0.4) is 0 Å². The Morgan fingerprint density at radius 1 is 0.407 bits per heavy atom. The van der Waals surface area contributed by atoms with Gasteiger partial charge in [-0.25, -0.2) is 4.79 Å². The van der Waals surface area contributed by atoms with Crippen molar-refractivity contribution in [3.63, 3.8) is 0 Å². The summed E-state index contributed by atoms with van der Waals surface area (Å²) in [6.07, 6.45) is -63.9. The van der Waals surface area contributed by atoms with Crippen LogP contribution in [-0.2, 0) is 102 Å². The zero-order chi connectivity index (χ0) is 89.8. The van der Waals surface area contributed by atoms with Crippen molar-refractivity contribution < 1.29 is 471 Å². The summed E-state index contributed by atoms with van der Waals surface area (Å²) in [6.45, 7) is 2.90. The number of amides is 1. The van der Waals surface area contributed by atoms with Crippen LogP contribution in [0.1, 0.15) is 7.43 Å². The first-order valence-electron chi connectivity index (χ1n) is 32.0. The molecule has 0 aliphatic carbocycles. The molecule has 6 rings (SSSR count). The van der Waals surface area contributed by atoms with Gasteiger partial charge >= 0.3 is 213 Å². The molecule has 1 amide bonds. The van der Waals surface area contributed by atoms with E-state index >= 15 is 0 Å². The second-order valence-electron chi connectivity index (χ2n) is 25.1. The largest absolute Gasteiger partial charge is 1.00 e. The van der Waals surface area contributed by atoms with Crippen LogP contribution >= 0.6 is 45.8 Å². The van der Waals surface area contributed by atoms with E-state index in [1.54, 1.807) is 0 Å². The summed E-state index contributed by atoms with van der Waals surface area (Å²) < 4.78 is 125. The Hall–Kier alpha value is 4.46. The van der Waals surface area contributed by atoms with Crippen molar-refractivity contribution in [1.29, 1.82) is 0 Å². The third-order valence-electron chi connectivity index (χ3n) is 15.3. The number of nitrogens with two attached hydrogens (primary N) is 3. The quantitative estimate of drug-likeness (QED) is 0.00658. The molecule has 123 heavy (non-hydrogen) atoms. The Morgan fingerprint density at radius 3 is 0.878 bits per heavy atom. The van der Waals surface area contributed by atoms with Crippen LogP contribution in [0.2, 0.25) is 0 Å². The molecule has 0 radical (unpaired) electrons. The van der Waals surface area contributed by atoms with Gasteiger partial charge in [0.2, 0.25) is 5.91 Å². The normalized spacial score (nSPS) is 37.2. The van der Waals surface area contributed by atoms with Crippen molar-refractivity contribution in [1.82, 2.24) is 0 Å². The molecule has 41 atom stereocenters. The predicted molar refractivity (Wildman–Crippen MR) is 350 cm³/mol. The molecular weight excluding hydrogens is 1900 g/mol. The van der Waals surface area contributed by atoms with Crippen LogP contribution in [0, 0.1) is 0 Å². The molecule has 0 bridgehead atoms. The van der Waals surface area contributed by atoms with E-state index in [1.165, 1.54) is 0 Å². The molecule has 60 nitrogen and oxygen atoms in total. The first-order chi connectivity index (χ1) is 52.3. The number of hydrogen-bond acceptors (Lipinski definition) is 56. The zero-order valence-electron chi connectivity index (χ0n) is 66.7. The van der Waals surface area contributed by atoms with Gasteiger partial charge in [0.15, 0.2) is 56.2 Å². The maximum atomic E-state index is 11.1. The van der Waals surface area contributed by atoms with E-state index < -0.39 is 285 Å². The van der Waals surface area contributed by atoms with Gasteiger partial charge in [0, 0.05) is 51.3 Å². The Morgan fingerprint density at radius 2 is 0.642 bits per heavy atom. The monoisotopic (exact) mass is 1990 g/mol. The molecule has 17 unspecified atom stereocenters. The van der Waals surface area contributed by atoms with Gasteiger partial charge in [0.05, 0.1) is 39.8 Å². The summed E-state index contributed by atoms with van der Waals surface area (Å²) >= 11 is 0. The number of nitrogens with zero attached hydrogens (tertiary/aromatic N) is 3. The van der Waals surface area contributed by atoms with E-state index in [4.69, 9.17) is 61.0 Å². The fourth-order valence-electron chi connectivity index (χ4n) is 9.71. The van der Waals surface area contributed by atoms with Gasteiger partial charge in [0.1, 0.15) is 197 Å². The molecule has 0 spiro atoms. The van der Waals surface area contributed by atoms with E-state index in [1.807, 2.05) is 0 Å². The van der Waals surface area contributed by atoms with Crippen LogP contribution in [0.4, 0.5) is 0 Å². The molecule has 0 aromatic heterocycles. The van der Waals surface area contributed by atoms with Crippen molar-refractivity contribution in [2.24, 2.45) is 22.3 Å². The number of rotatable bonds is 28. The maximum absolute atomic E-state index is 11.1. The smallest absolute Gasteiger partial charge is 0.790 e. The molecule has 0 saturated carbocycles. The minimum absolute atomic E-state index is 0. The van der Waals surface area contributed by atoms with Crippen LogP contribution < -0.4 is 258 Å². The maximum Gasteiger partial charge on any atom is 1.00 e. The number of aldehydes is 1. The molecule has 6 heterocycles. The van der Waals surface area contributed by atoms with Crippen molar-refractivity contribution >= 4 is 64.0 Å². The Labute approximate surface area is 852 Å². The minimum atomic E-state index is -5.54. The molecule has 0 aromatic carbocycles. The number of aliphatic carboxylic acids is 1. The minimum Gasteiger partial charge on any atom is -0.790 e. The standard InChI is InChI=1S/C10H22NO9P.C8H16NO9P.C8H18NO8P.C8H15O10P.C8H15O9P.C7H14N3O9P.CH4.7Na/c1-21(16,17)20-10-8(15)6(13)7(14)9(19-10)5(12)4-18-3-2-11;1-19(15,16)18-8-4(12)2(10)3(11)6(17-8)5(13)7(9)14;1-18(14,15)17-8-6(13)4(11)5(12)7(16-8)3(10)2-9;1-19(15,16)18-8-4(11)2(9)3(10)6(17-8)5(12)7(13)14;1-18(14,15)17-8-6(13)4(11)5(12)7(16-8)3(10)2-9;8-10-9-1-2(11)6-4(13)3(12)5(14)7(18-6)19-20(15,16)17;;;;;;;;/h5-10,12-15H,2-4,11H2,1H3,(H,16,17);2-6,8,10-13H,1H3,(H2,9,14)(H,15,16);3-8,10-13H,2,9H2,1H3,(H,14,15);2-6,8-12H,1H3,(H,13,14)(H,15,16);2-8,10-13H,1H3,(H,14,15);2-7,11-14H,1H2,(H2,15,16,17);1H4;;;;;;;/q;;;;;;;7*+1/p-7/t5-,6+,7+,8?,9?,10+;2-,3-,4?,5-,6?,8-;3-,4+,5+,6?,7?,8+;2-,3-,4?,5-,6?,8-;3-,4+,5+,6?,7?,8+;2-,3+,4+,5?,6?,7+;;;;;;;;/m101011......../s1. The summed E-state index contributed by atoms with van der Waals surface area (Å²) in [6, 6.07) is 0. The fraction of sp³-hybridized carbons (Fsp3) is 0.940. The molecule has 73 heteroatoms. The first-order valence-corrected chi connectivity index (χ1v) is 43.5. The van der Waals surface area contributed by atoms with Gasteiger partial charge < -0.3 is 272 Å². The van der Waals surface area contributed by atoms with Crippen molar-refractivity contribution in [3.8, 4) is 0 Å². The van der Waals surface area contributed by atoms with Gasteiger partial charge in [-0.3, -0.25) is 4.79 Å². The van der Waals surface area contributed by atoms with Gasteiger partial charge in [-0.05, 0) is 5.53 Å². The zero-order valence-corrected chi connectivity index (χ0v) is 86.0. The number of aliphatic hydroxyl groups excluding tert-OH is 24. The summed E-state index contributed by atoms with van der Waals surface area (Å²) in [5.41, 5.74) is 23.3. The number of primary amides is 1. The number of phosphoric acid groups is 1. The number of carboxylic acids is 1. The average Bonchev–Trinajstić information content (AvgIpc) is 0.791. The molecular formula is C50H97N6Na7O54P6. The fourth-order valence-corrected chi connectivity index (χ4v) is 12.9. The number of carbonyl (C=O) groups is 3. The third-order valence-corrected chi connectivity index (χ3v) is 18.7. The van der Waals surface area contributed by atoms with Crippen LogP contribution in [0.15, 0.2) is 5.11 Å². The van der Waals surface area contributed by atoms with E-state index in [2.05, 4.69) is 37.2 Å². The summed E-state index contributed by atoms with van der Waals surface area (Å²) in [5, 5.41) is 240. The Bertz CT molecular complexity index is 3270. The first kappa shape index (κ1) is 143. The van der Waals surface area contributed by atoms with Crippen molar-refractivity contribution in [3.05, 3.63) is 10.4 Å². The second kappa shape index (κ2) is 64.7. The van der Waals surface area contributed by atoms with E-state index in [0.717, 1.165) is 13.3 Å². The summed E-state index contributed by atoms with van der Waals surface area (Å²) in [4.78, 5) is 110. The number of aliphatic hydroxyl groups is 24. The molecule has 6 aliphatic heterocycles. The number of azide groups is 1. The molecule has 6 aliphatic rings. The molecule has 31 N–H and O–H groups in total. The van der Waals surface area contributed by atoms with Crippen LogP contribution in [-0.4, -0.2) is 433 Å². The van der Waals surface area contributed by atoms with E-state index in [-0.39, 0.29) is 247 Å². The molecule has 0 aromatic rings.